The lowest BCUT2D eigenvalue weighted by Crippen LogP contribution is -2.04. The molecule has 0 atom stereocenters. The van der Waals surface area contributed by atoms with Crippen molar-refractivity contribution in [2.24, 2.45) is 0 Å². The molecule has 5 nitrogen and oxygen atoms in total. The number of unbranched alkanes of at least 4 members (excludes halogenated alkanes) is 2. The van der Waals surface area contributed by atoms with E-state index in [0.717, 1.165) is 37.1 Å². The molecule has 120 valence electrons. The molecule has 0 aliphatic heterocycles. The van der Waals surface area contributed by atoms with E-state index in [1.807, 2.05) is 5.38 Å². The highest BCUT2D eigenvalue weighted by Gasteiger charge is 2.13. The summed E-state index contributed by atoms with van der Waals surface area (Å²) >= 11 is 1.47. The van der Waals surface area contributed by atoms with E-state index < -0.39 is 0 Å². The predicted octanol–water partition coefficient (Wildman–Crippen LogP) is 3.54. The van der Waals surface area contributed by atoms with Crippen LogP contribution >= 0.6 is 11.3 Å². The molecule has 0 unspecified atom stereocenters. The standard InChI is InChI=1S/C16H23N3O2S/c1-11-9-13(14-10-22-16(17)18-14)12(2)19(11)8-6-4-5-7-15(20)21-3/h9-10H,4-8H2,1-3H3,(H2,17,18). The smallest absolute Gasteiger partial charge is 0.305 e. The van der Waals surface area contributed by atoms with Crippen LogP contribution in [0, 0.1) is 13.8 Å². The summed E-state index contributed by atoms with van der Waals surface area (Å²) in [5.41, 5.74) is 10.3. The maximum Gasteiger partial charge on any atom is 0.305 e. The Morgan fingerprint density at radius 2 is 2.14 bits per heavy atom. The number of carbonyl (C=O) groups excluding carboxylic acids is 1. The van der Waals surface area contributed by atoms with Crippen LogP contribution in [0.3, 0.4) is 0 Å². The molecular weight excluding hydrogens is 298 g/mol. The van der Waals surface area contributed by atoms with Gasteiger partial charge < -0.3 is 15.0 Å². The third-order valence-electron chi connectivity index (χ3n) is 3.86. The molecule has 0 spiro atoms. The number of ether oxygens (including phenoxy) is 1. The van der Waals surface area contributed by atoms with Gasteiger partial charge in [-0.2, -0.15) is 0 Å². The van der Waals surface area contributed by atoms with E-state index in [1.54, 1.807) is 0 Å². The summed E-state index contributed by atoms with van der Waals surface area (Å²) in [4.78, 5) is 15.4. The van der Waals surface area contributed by atoms with Crippen molar-refractivity contribution in [1.82, 2.24) is 9.55 Å². The van der Waals surface area contributed by atoms with Gasteiger partial charge in [-0.3, -0.25) is 4.79 Å². The average molecular weight is 321 g/mol. The third-order valence-corrected chi connectivity index (χ3v) is 4.54. The Labute approximate surface area is 135 Å². The Kier molecular flexibility index (Phi) is 5.60. The third kappa shape index (κ3) is 3.88. The molecule has 2 aromatic heterocycles. The number of methoxy groups -OCH3 is 1. The number of nitrogens with two attached hydrogens (primary N) is 1. The summed E-state index contributed by atoms with van der Waals surface area (Å²) in [6.45, 7) is 5.19. The molecule has 0 fully saturated rings. The summed E-state index contributed by atoms with van der Waals surface area (Å²) in [6, 6.07) is 2.16. The summed E-state index contributed by atoms with van der Waals surface area (Å²) < 4.78 is 6.96. The van der Waals surface area contributed by atoms with Crippen LogP contribution in [0.4, 0.5) is 5.13 Å². The van der Waals surface area contributed by atoms with E-state index in [2.05, 4.69) is 34.2 Å². The van der Waals surface area contributed by atoms with Crippen LogP contribution in [0.1, 0.15) is 37.1 Å². The quantitative estimate of drug-likeness (QED) is 0.625. The highest BCUT2D eigenvalue weighted by molar-refractivity contribution is 7.13. The number of rotatable bonds is 7. The fourth-order valence-electron chi connectivity index (χ4n) is 2.63. The summed E-state index contributed by atoms with van der Waals surface area (Å²) in [5, 5.41) is 2.60. The first-order chi connectivity index (χ1) is 10.5. The first-order valence-electron chi connectivity index (χ1n) is 7.48. The molecule has 0 amide bonds. The SMILES string of the molecule is COC(=O)CCCCCn1c(C)cc(-c2csc(N)n2)c1C. The number of aromatic nitrogens is 2. The van der Waals surface area contributed by atoms with Crippen molar-refractivity contribution in [3.63, 3.8) is 0 Å². The minimum atomic E-state index is -0.128. The lowest BCUT2D eigenvalue weighted by Gasteiger charge is -2.09. The second kappa shape index (κ2) is 7.45. The topological polar surface area (TPSA) is 70.1 Å². The Balaban J connectivity index is 1.95. The Bertz CT molecular complexity index is 646. The largest absolute Gasteiger partial charge is 0.469 e. The Hall–Kier alpha value is -1.82. The van der Waals surface area contributed by atoms with Gasteiger partial charge in [-0.05, 0) is 32.8 Å². The summed E-state index contributed by atoms with van der Waals surface area (Å²) in [7, 11) is 1.43. The Morgan fingerprint density at radius 1 is 1.36 bits per heavy atom. The second-order valence-electron chi connectivity index (χ2n) is 5.39. The molecule has 0 radical (unpaired) electrons. The van der Waals surface area contributed by atoms with Crippen LogP contribution in [0.25, 0.3) is 11.3 Å². The first-order valence-corrected chi connectivity index (χ1v) is 8.35. The number of hydrogen-bond donors (Lipinski definition) is 1. The zero-order valence-electron chi connectivity index (χ0n) is 13.4. The number of anilines is 1. The molecule has 0 aliphatic rings. The highest BCUT2D eigenvalue weighted by Crippen LogP contribution is 2.29. The van der Waals surface area contributed by atoms with Gasteiger partial charge in [0, 0.05) is 35.3 Å². The zero-order valence-corrected chi connectivity index (χ0v) is 14.2. The van der Waals surface area contributed by atoms with Crippen LogP contribution in [0.15, 0.2) is 11.4 Å². The monoisotopic (exact) mass is 321 g/mol. The molecule has 22 heavy (non-hydrogen) atoms. The van der Waals surface area contributed by atoms with Crippen LogP contribution in [0.5, 0.6) is 0 Å². The fourth-order valence-corrected chi connectivity index (χ4v) is 3.20. The van der Waals surface area contributed by atoms with Gasteiger partial charge in [0.15, 0.2) is 5.13 Å². The lowest BCUT2D eigenvalue weighted by atomic mass is 10.2. The molecule has 0 saturated heterocycles. The molecule has 0 aliphatic carbocycles. The fraction of sp³-hybridized carbons (Fsp3) is 0.500. The van der Waals surface area contributed by atoms with E-state index >= 15 is 0 Å². The number of nitrogens with zero attached hydrogens (tertiary/aromatic N) is 2. The molecular formula is C16H23N3O2S. The van der Waals surface area contributed by atoms with Gasteiger partial charge in [-0.25, -0.2) is 4.98 Å². The van der Waals surface area contributed by atoms with Crippen molar-refractivity contribution in [2.75, 3.05) is 12.8 Å². The Morgan fingerprint density at radius 3 is 2.77 bits per heavy atom. The van der Waals surface area contributed by atoms with Crippen LogP contribution in [0.2, 0.25) is 0 Å². The van der Waals surface area contributed by atoms with Crippen LogP contribution in [-0.2, 0) is 16.1 Å². The molecule has 6 heteroatoms. The first kappa shape index (κ1) is 16.5. The van der Waals surface area contributed by atoms with Gasteiger partial charge in [0.25, 0.3) is 0 Å². The van der Waals surface area contributed by atoms with Gasteiger partial charge in [0.1, 0.15) is 0 Å². The normalized spacial score (nSPS) is 10.9. The number of aryl methyl sites for hydroxylation is 1. The maximum atomic E-state index is 11.1. The lowest BCUT2D eigenvalue weighted by molar-refractivity contribution is -0.140. The number of hydrogen-bond acceptors (Lipinski definition) is 5. The van der Waals surface area contributed by atoms with E-state index in [4.69, 9.17) is 5.73 Å². The molecule has 2 N–H and O–H groups in total. The number of thiazole rings is 1. The molecule has 2 heterocycles. The second-order valence-corrected chi connectivity index (χ2v) is 6.28. The van der Waals surface area contributed by atoms with Crippen molar-refractivity contribution < 1.29 is 9.53 Å². The minimum absolute atomic E-state index is 0.128. The summed E-state index contributed by atoms with van der Waals surface area (Å²) in [5.74, 6) is -0.128. The van der Waals surface area contributed by atoms with Gasteiger partial charge >= 0.3 is 5.97 Å². The van der Waals surface area contributed by atoms with Crippen molar-refractivity contribution in [3.05, 3.63) is 22.8 Å². The van der Waals surface area contributed by atoms with Gasteiger partial charge in [-0.1, -0.05) is 6.42 Å². The number of esters is 1. The summed E-state index contributed by atoms with van der Waals surface area (Å²) in [6.07, 6.45) is 3.45. The molecule has 2 aromatic rings. The van der Waals surface area contributed by atoms with Crippen molar-refractivity contribution in [2.45, 2.75) is 46.1 Å². The van der Waals surface area contributed by atoms with Gasteiger partial charge in [0.05, 0.1) is 12.8 Å². The highest BCUT2D eigenvalue weighted by atomic mass is 32.1. The zero-order chi connectivity index (χ0) is 16.1. The van der Waals surface area contributed by atoms with Crippen LogP contribution < -0.4 is 5.73 Å². The predicted molar refractivity (Wildman–Crippen MR) is 89.9 cm³/mol. The maximum absolute atomic E-state index is 11.1. The average Bonchev–Trinajstić information content (AvgIpc) is 3.04. The molecule has 0 aromatic carbocycles. The number of nitrogen functional groups attached to an aromatic ring is 1. The van der Waals surface area contributed by atoms with E-state index in [-0.39, 0.29) is 5.97 Å². The molecule has 0 bridgehead atoms. The number of carbonyl (C=O) groups is 1. The molecule has 2 rings (SSSR count). The van der Waals surface area contributed by atoms with Crippen molar-refractivity contribution >= 4 is 22.4 Å². The van der Waals surface area contributed by atoms with E-state index in [9.17, 15) is 4.79 Å². The van der Waals surface area contributed by atoms with Crippen molar-refractivity contribution in [1.29, 1.82) is 0 Å². The minimum Gasteiger partial charge on any atom is -0.469 e. The van der Waals surface area contributed by atoms with E-state index in [1.165, 1.54) is 29.8 Å². The molecule has 0 saturated carbocycles. The van der Waals surface area contributed by atoms with Crippen molar-refractivity contribution in [3.8, 4) is 11.3 Å². The van der Waals surface area contributed by atoms with Crippen LogP contribution in [-0.4, -0.2) is 22.6 Å². The van der Waals surface area contributed by atoms with Gasteiger partial charge in [-0.15, -0.1) is 11.3 Å². The van der Waals surface area contributed by atoms with Gasteiger partial charge in [0.2, 0.25) is 0 Å². The van der Waals surface area contributed by atoms with E-state index in [0.29, 0.717) is 11.6 Å².